The summed E-state index contributed by atoms with van der Waals surface area (Å²) in [7, 11) is 0. The van der Waals surface area contributed by atoms with Crippen LogP contribution in [0, 0.1) is 0 Å². The van der Waals surface area contributed by atoms with Gasteiger partial charge < -0.3 is 5.11 Å². The van der Waals surface area contributed by atoms with Gasteiger partial charge in [-0.3, -0.25) is 9.63 Å². The predicted octanol–water partition coefficient (Wildman–Crippen LogP) is -0.565. The van der Waals surface area contributed by atoms with E-state index in [0.29, 0.717) is 0 Å². The molecular weight excluding hydrogens is 122 g/mol. The lowest BCUT2D eigenvalue weighted by Crippen LogP contribution is -2.24. The third-order valence-corrected chi connectivity index (χ3v) is 0.540. The smallest absolute Gasteiger partial charge is 0.240 e. The van der Waals surface area contributed by atoms with E-state index in [9.17, 15) is 4.79 Å². The van der Waals surface area contributed by atoms with Gasteiger partial charge in [0.1, 0.15) is 6.61 Å². The number of carbonyl (C=O) groups is 1. The molecule has 2 N–H and O–H groups in total. The van der Waals surface area contributed by atoms with E-state index in [1.54, 1.807) is 6.92 Å². The Morgan fingerprint density at radius 3 is 2.78 bits per heavy atom. The molecule has 0 aromatic heterocycles. The van der Waals surface area contributed by atoms with Gasteiger partial charge in [-0.2, -0.15) is 0 Å². The molecule has 4 heteroatoms. The molecule has 0 aliphatic rings. The van der Waals surface area contributed by atoms with Crippen LogP contribution >= 0.6 is 0 Å². The van der Waals surface area contributed by atoms with Gasteiger partial charge >= 0.3 is 0 Å². The van der Waals surface area contributed by atoms with Gasteiger partial charge in [-0.15, -0.1) is 0 Å². The number of aliphatic hydroxyl groups excluding tert-OH is 1. The molecule has 0 rings (SSSR count). The fourth-order valence-corrected chi connectivity index (χ4v) is 0.264. The first kappa shape index (κ1) is 8.39. The van der Waals surface area contributed by atoms with Crippen molar-refractivity contribution in [2.45, 2.75) is 20.0 Å². The van der Waals surface area contributed by atoms with Crippen LogP contribution in [0.5, 0.6) is 0 Å². The summed E-state index contributed by atoms with van der Waals surface area (Å²) in [5.41, 5.74) is 2.08. The quantitative estimate of drug-likeness (QED) is 0.507. The van der Waals surface area contributed by atoms with Crippen molar-refractivity contribution in [3.63, 3.8) is 0 Å². The minimum Gasteiger partial charge on any atom is -0.391 e. The average Bonchev–Trinajstić information content (AvgIpc) is 1.63. The van der Waals surface area contributed by atoms with Crippen LogP contribution in [0.25, 0.3) is 0 Å². The van der Waals surface area contributed by atoms with Crippen molar-refractivity contribution in [1.82, 2.24) is 5.48 Å². The van der Waals surface area contributed by atoms with E-state index in [0.717, 1.165) is 0 Å². The molecular formula is C5H11NO3. The van der Waals surface area contributed by atoms with Crippen LogP contribution in [0.2, 0.25) is 0 Å². The van der Waals surface area contributed by atoms with Crippen molar-refractivity contribution in [2.24, 2.45) is 0 Å². The number of hydrogen-bond donors (Lipinski definition) is 2. The fourth-order valence-electron chi connectivity index (χ4n) is 0.264. The lowest BCUT2D eigenvalue weighted by atomic mass is 10.5. The summed E-state index contributed by atoms with van der Waals surface area (Å²) < 4.78 is 0. The molecule has 0 aromatic carbocycles. The Labute approximate surface area is 53.8 Å². The Bertz CT molecular complexity index is 92.2. The second-order valence-corrected chi connectivity index (χ2v) is 1.82. The molecule has 0 spiro atoms. The molecule has 0 aliphatic carbocycles. The Morgan fingerprint density at radius 1 is 1.89 bits per heavy atom. The fraction of sp³-hybridized carbons (Fsp3) is 0.800. The molecule has 0 heterocycles. The Kier molecular flexibility index (Phi) is 4.00. The molecule has 0 aromatic rings. The van der Waals surface area contributed by atoms with Gasteiger partial charge in [0, 0.05) is 6.92 Å². The van der Waals surface area contributed by atoms with Crippen molar-refractivity contribution in [2.75, 3.05) is 6.61 Å². The first-order valence-corrected chi connectivity index (χ1v) is 2.69. The molecule has 1 amide bonds. The molecule has 0 radical (unpaired) electrons. The summed E-state index contributed by atoms with van der Waals surface area (Å²) in [4.78, 5) is 14.6. The van der Waals surface area contributed by atoms with E-state index in [4.69, 9.17) is 5.11 Å². The van der Waals surface area contributed by atoms with Gasteiger partial charge in [0.05, 0.1) is 6.10 Å². The third kappa shape index (κ3) is 7.39. The van der Waals surface area contributed by atoms with E-state index in [-0.39, 0.29) is 12.5 Å². The molecule has 9 heavy (non-hydrogen) atoms. The SMILES string of the molecule is CC(=O)NOCC(C)O. The van der Waals surface area contributed by atoms with Crippen LogP contribution in [-0.4, -0.2) is 23.7 Å². The Balaban J connectivity index is 3.01. The van der Waals surface area contributed by atoms with Gasteiger partial charge in [0.15, 0.2) is 0 Å². The summed E-state index contributed by atoms with van der Waals surface area (Å²) >= 11 is 0. The van der Waals surface area contributed by atoms with Gasteiger partial charge in [-0.25, -0.2) is 5.48 Å². The normalized spacial score (nSPS) is 12.8. The number of amides is 1. The topological polar surface area (TPSA) is 58.6 Å². The van der Waals surface area contributed by atoms with E-state index in [2.05, 4.69) is 10.3 Å². The molecule has 54 valence electrons. The number of carbonyl (C=O) groups excluding carboxylic acids is 1. The van der Waals surface area contributed by atoms with Crippen LogP contribution in [0.3, 0.4) is 0 Å². The van der Waals surface area contributed by atoms with Crippen molar-refractivity contribution < 1.29 is 14.7 Å². The van der Waals surface area contributed by atoms with E-state index in [1.165, 1.54) is 6.92 Å². The van der Waals surface area contributed by atoms with Crippen molar-refractivity contribution in [1.29, 1.82) is 0 Å². The monoisotopic (exact) mass is 133 g/mol. The minimum absolute atomic E-state index is 0.125. The van der Waals surface area contributed by atoms with Gasteiger partial charge in [0.25, 0.3) is 0 Å². The highest BCUT2D eigenvalue weighted by Gasteiger charge is 1.94. The lowest BCUT2D eigenvalue weighted by molar-refractivity contribution is -0.133. The minimum atomic E-state index is -0.545. The molecule has 0 fully saturated rings. The highest BCUT2D eigenvalue weighted by molar-refractivity contribution is 5.71. The second kappa shape index (κ2) is 4.29. The number of hydroxylamine groups is 1. The standard InChI is InChI=1S/C5H11NO3/c1-4(7)3-9-6-5(2)8/h4,7H,3H2,1-2H3,(H,6,8). The second-order valence-electron chi connectivity index (χ2n) is 1.82. The van der Waals surface area contributed by atoms with Crippen molar-refractivity contribution >= 4 is 5.91 Å². The van der Waals surface area contributed by atoms with Gasteiger partial charge in [-0.1, -0.05) is 0 Å². The van der Waals surface area contributed by atoms with Crippen LogP contribution < -0.4 is 5.48 Å². The zero-order valence-electron chi connectivity index (χ0n) is 5.55. The maximum Gasteiger partial charge on any atom is 0.240 e. The molecule has 1 unspecified atom stereocenters. The summed E-state index contributed by atoms with van der Waals surface area (Å²) in [6.07, 6.45) is -0.545. The highest BCUT2D eigenvalue weighted by atomic mass is 16.7. The zero-order chi connectivity index (χ0) is 7.28. The molecule has 0 aliphatic heterocycles. The highest BCUT2D eigenvalue weighted by Crippen LogP contribution is 1.77. The van der Waals surface area contributed by atoms with E-state index in [1.807, 2.05) is 0 Å². The molecule has 1 atom stereocenters. The zero-order valence-corrected chi connectivity index (χ0v) is 5.55. The van der Waals surface area contributed by atoms with Crippen molar-refractivity contribution in [3.8, 4) is 0 Å². The summed E-state index contributed by atoms with van der Waals surface area (Å²) in [6.45, 7) is 3.03. The maximum atomic E-state index is 10.1. The summed E-state index contributed by atoms with van der Waals surface area (Å²) in [6, 6.07) is 0. The lowest BCUT2D eigenvalue weighted by Gasteiger charge is -2.03. The van der Waals surface area contributed by atoms with Gasteiger partial charge in [-0.05, 0) is 6.92 Å². The largest absolute Gasteiger partial charge is 0.391 e. The van der Waals surface area contributed by atoms with Gasteiger partial charge in [0.2, 0.25) is 5.91 Å². The summed E-state index contributed by atoms with van der Waals surface area (Å²) in [5, 5.41) is 8.59. The number of rotatable bonds is 3. The summed E-state index contributed by atoms with van der Waals surface area (Å²) in [5.74, 6) is -0.268. The predicted molar refractivity (Wildman–Crippen MR) is 31.4 cm³/mol. The van der Waals surface area contributed by atoms with Crippen LogP contribution in [0.15, 0.2) is 0 Å². The third-order valence-electron chi connectivity index (χ3n) is 0.540. The Morgan fingerprint density at radius 2 is 2.44 bits per heavy atom. The molecule has 0 bridgehead atoms. The van der Waals surface area contributed by atoms with Crippen LogP contribution in [0.1, 0.15) is 13.8 Å². The number of hydrogen-bond acceptors (Lipinski definition) is 3. The first-order chi connectivity index (χ1) is 4.13. The molecule has 0 saturated carbocycles. The Hall–Kier alpha value is -0.610. The van der Waals surface area contributed by atoms with Crippen LogP contribution in [-0.2, 0) is 9.63 Å². The van der Waals surface area contributed by atoms with Crippen molar-refractivity contribution in [3.05, 3.63) is 0 Å². The maximum absolute atomic E-state index is 10.1. The van der Waals surface area contributed by atoms with E-state index >= 15 is 0 Å². The number of aliphatic hydroxyl groups is 1. The molecule has 4 nitrogen and oxygen atoms in total. The average molecular weight is 133 g/mol. The first-order valence-electron chi connectivity index (χ1n) is 2.69. The molecule has 0 saturated heterocycles. The van der Waals surface area contributed by atoms with Crippen LogP contribution in [0.4, 0.5) is 0 Å². The van der Waals surface area contributed by atoms with E-state index < -0.39 is 6.10 Å². The number of nitrogens with one attached hydrogen (secondary N) is 1.